The van der Waals surface area contributed by atoms with E-state index in [1.807, 2.05) is 0 Å². The Balaban J connectivity index is 0.00000144. The summed E-state index contributed by atoms with van der Waals surface area (Å²) in [5, 5.41) is 0. The Kier molecular flexibility index (Phi) is 5.50. The predicted molar refractivity (Wildman–Crippen MR) is 75.0 cm³/mol. The van der Waals surface area contributed by atoms with Gasteiger partial charge in [0.15, 0.2) is 0 Å². The average molecular weight is 240 g/mol. The molecule has 17 heavy (non-hydrogen) atoms. The minimum atomic E-state index is 0. The number of rotatable bonds is 1. The summed E-state index contributed by atoms with van der Waals surface area (Å²) in [5.41, 5.74) is 0. The summed E-state index contributed by atoms with van der Waals surface area (Å²) in [6.07, 6.45) is 9.08. The van der Waals surface area contributed by atoms with Gasteiger partial charge in [0.25, 0.3) is 0 Å². The maximum absolute atomic E-state index is 2.48. The molecule has 0 aromatic heterocycles. The van der Waals surface area contributed by atoms with Crippen molar-refractivity contribution in [2.45, 2.75) is 66.2 Å². The van der Waals surface area contributed by atoms with Crippen LogP contribution in [0.15, 0.2) is 0 Å². The quantitative estimate of drug-likeness (QED) is 0.654. The van der Waals surface area contributed by atoms with Crippen LogP contribution in [0.3, 0.4) is 0 Å². The van der Waals surface area contributed by atoms with Gasteiger partial charge < -0.3 is 5.48 Å². The summed E-state index contributed by atoms with van der Waals surface area (Å²) < 4.78 is 0. The van der Waals surface area contributed by atoms with E-state index in [1.54, 1.807) is 0 Å². The molecule has 1 heteroatoms. The Bertz CT molecular complexity index is 202. The van der Waals surface area contributed by atoms with Crippen LogP contribution in [-0.2, 0) is 0 Å². The SMILES string of the molecule is CC1CCC([C@H]2CCC(C)C(C)C2)CC1C.O. The third-order valence-electron chi connectivity index (χ3n) is 5.94. The average Bonchev–Trinajstić information content (AvgIpc) is 2.26. The molecule has 0 aromatic rings. The summed E-state index contributed by atoms with van der Waals surface area (Å²) in [6, 6.07) is 0. The third kappa shape index (κ3) is 3.47. The lowest BCUT2D eigenvalue weighted by Crippen LogP contribution is -2.31. The Morgan fingerprint density at radius 1 is 0.529 bits per heavy atom. The molecule has 0 bridgehead atoms. The van der Waals surface area contributed by atoms with Crippen molar-refractivity contribution >= 4 is 0 Å². The molecule has 0 radical (unpaired) electrons. The van der Waals surface area contributed by atoms with Crippen LogP contribution in [0.5, 0.6) is 0 Å². The Labute approximate surface area is 108 Å². The van der Waals surface area contributed by atoms with E-state index in [9.17, 15) is 0 Å². The fourth-order valence-electron chi connectivity index (χ4n) is 4.03. The summed E-state index contributed by atoms with van der Waals surface area (Å²) in [7, 11) is 0. The largest absolute Gasteiger partial charge is 0.412 e. The van der Waals surface area contributed by atoms with Gasteiger partial charge >= 0.3 is 0 Å². The maximum atomic E-state index is 2.48. The van der Waals surface area contributed by atoms with Crippen LogP contribution < -0.4 is 0 Å². The summed E-state index contributed by atoms with van der Waals surface area (Å²) in [4.78, 5) is 0. The summed E-state index contributed by atoms with van der Waals surface area (Å²) in [5.74, 6) is 6.07. The van der Waals surface area contributed by atoms with Crippen LogP contribution in [0.1, 0.15) is 66.2 Å². The van der Waals surface area contributed by atoms with Crippen LogP contribution in [0.25, 0.3) is 0 Å². The molecular formula is C16H32O. The van der Waals surface area contributed by atoms with Crippen LogP contribution in [0.2, 0.25) is 0 Å². The molecule has 0 aromatic carbocycles. The second kappa shape index (κ2) is 6.22. The molecule has 0 heterocycles. The van der Waals surface area contributed by atoms with Gasteiger partial charge in [0.05, 0.1) is 0 Å². The van der Waals surface area contributed by atoms with E-state index in [-0.39, 0.29) is 5.48 Å². The van der Waals surface area contributed by atoms with Crippen LogP contribution in [0, 0.1) is 35.5 Å². The minimum Gasteiger partial charge on any atom is -0.412 e. The Morgan fingerprint density at radius 2 is 0.882 bits per heavy atom. The number of hydrogen-bond donors (Lipinski definition) is 0. The van der Waals surface area contributed by atoms with Gasteiger partial charge in [0.1, 0.15) is 0 Å². The molecule has 0 amide bonds. The molecule has 1 nitrogen and oxygen atoms in total. The molecule has 2 rings (SSSR count). The molecule has 0 spiro atoms. The van der Waals surface area contributed by atoms with E-state index < -0.39 is 0 Å². The van der Waals surface area contributed by atoms with Crippen molar-refractivity contribution in [3.63, 3.8) is 0 Å². The molecule has 2 N–H and O–H groups in total. The van der Waals surface area contributed by atoms with Crippen LogP contribution in [0.4, 0.5) is 0 Å². The zero-order valence-corrected chi connectivity index (χ0v) is 12.2. The molecule has 102 valence electrons. The Morgan fingerprint density at radius 3 is 1.18 bits per heavy atom. The molecule has 2 fully saturated rings. The van der Waals surface area contributed by atoms with Gasteiger partial charge in [-0.1, -0.05) is 40.5 Å². The second-order valence-electron chi connectivity index (χ2n) is 7.06. The zero-order chi connectivity index (χ0) is 11.7. The van der Waals surface area contributed by atoms with E-state index in [2.05, 4.69) is 27.7 Å². The van der Waals surface area contributed by atoms with Gasteiger partial charge in [0, 0.05) is 0 Å². The summed E-state index contributed by atoms with van der Waals surface area (Å²) >= 11 is 0. The minimum absolute atomic E-state index is 0. The highest BCUT2D eigenvalue weighted by Gasteiger charge is 2.33. The van der Waals surface area contributed by atoms with Crippen molar-refractivity contribution in [3.05, 3.63) is 0 Å². The standard InChI is InChI=1S/C16H30.H2O/c1-11-5-7-15(9-13(11)3)16-8-6-12(2)14(4)10-16;/h11-16H,5-10H2,1-4H3;1H2/t11?,12?,13?,14?,15-,16?;/m0./s1. The van der Waals surface area contributed by atoms with Gasteiger partial charge in [0.2, 0.25) is 0 Å². The van der Waals surface area contributed by atoms with Crippen molar-refractivity contribution in [1.29, 1.82) is 0 Å². The van der Waals surface area contributed by atoms with E-state index in [1.165, 1.54) is 38.5 Å². The topological polar surface area (TPSA) is 31.5 Å². The van der Waals surface area contributed by atoms with Gasteiger partial charge in [-0.25, -0.2) is 0 Å². The molecule has 5 unspecified atom stereocenters. The van der Waals surface area contributed by atoms with Crippen molar-refractivity contribution in [1.82, 2.24) is 0 Å². The lowest BCUT2D eigenvalue weighted by atomic mass is 9.64. The first kappa shape index (κ1) is 15.0. The van der Waals surface area contributed by atoms with Crippen molar-refractivity contribution in [2.75, 3.05) is 0 Å². The van der Waals surface area contributed by atoms with Gasteiger partial charge in [-0.2, -0.15) is 0 Å². The molecule has 6 atom stereocenters. The van der Waals surface area contributed by atoms with Crippen molar-refractivity contribution < 1.29 is 5.48 Å². The highest BCUT2D eigenvalue weighted by atomic mass is 16.0. The predicted octanol–water partition coefficient (Wildman–Crippen LogP) is 4.31. The molecular weight excluding hydrogens is 208 g/mol. The van der Waals surface area contributed by atoms with Gasteiger partial charge in [-0.3, -0.25) is 0 Å². The Hall–Kier alpha value is -0.0400. The van der Waals surface area contributed by atoms with Gasteiger partial charge in [-0.15, -0.1) is 0 Å². The van der Waals surface area contributed by atoms with Crippen molar-refractivity contribution in [2.24, 2.45) is 35.5 Å². The molecule has 2 saturated carbocycles. The van der Waals surface area contributed by atoms with Crippen LogP contribution >= 0.6 is 0 Å². The van der Waals surface area contributed by atoms with E-state index in [0.717, 1.165) is 35.5 Å². The monoisotopic (exact) mass is 240 g/mol. The fraction of sp³-hybridized carbons (Fsp3) is 1.00. The molecule has 0 saturated heterocycles. The molecule has 0 aliphatic heterocycles. The normalized spacial score (nSPS) is 47.3. The highest BCUT2D eigenvalue weighted by molar-refractivity contribution is 4.84. The zero-order valence-electron chi connectivity index (χ0n) is 12.2. The maximum Gasteiger partial charge on any atom is -0.0383 e. The first-order valence-corrected chi connectivity index (χ1v) is 7.58. The van der Waals surface area contributed by atoms with E-state index in [4.69, 9.17) is 0 Å². The molecule has 2 aliphatic carbocycles. The fourth-order valence-corrected chi connectivity index (χ4v) is 4.03. The van der Waals surface area contributed by atoms with Gasteiger partial charge in [-0.05, 0) is 61.2 Å². The van der Waals surface area contributed by atoms with Crippen LogP contribution in [-0.4, -0.2) is 5.48 Å². The highest BCUT2D eigenvalue weighted by Crippen LogP contribution is 2.44. The first-order chi connectivity index (χ1) is 7.58. The van der Waals surface area contributed by atoms with E-state index in [0.29, 0.717) is 0 Å². The smallest absolute Gasteiger partial charge is 0.0383 e. The number of hydrogen-bond acceptors (Lipinski definition) is 0. The first-order valence-electron chi connectivity index (χ1n) is 7.58. The third-order valence-corrected chi connectivity index (χ3v) is 5.94. The second-order valence-corrected chi connectivity index (χ2v) is 7.06. The molecule has 2 aliphatic rings. The van der Waals surface area contributed by atoms with E-state index >= 15 is 0 Å². The summed E-state index contributed by atoms with van der Waals surface area (Å²) in [6.45, 7) is 9.86. The van der Waals surface area contributed by atoms with Crippen molar-refractivity contribution in [3.8, 4) is 0 Å². The lowest BCUT2D eigenvalue weighted by molar-refractivity contribution is 0.0956. The lowest BCUT2D eigenvalue weighted by Gasteiger charge is -2.41.